The number of anilines is 1. The van der Waals surface area contributed by atoms with Crippen LogP contribution in [0.2, 0.25) is 0 Å². The van der Waals surface area contributed by atoms with Gasteiger partial charge in [0.05, 0.1) is 11.3 Å². The van der Waals surface area contributed by atoms with E-state index in [0.717, 1.165) is 6.07 Å². The van der Waals surface area contributed by atoms with Crippen molar-refractivity contribution in [2.45, 2.75) is 26.7 Å². The van der Waals surface area contributed by atoms with Gasteiger partial charge in [0.15, 0.2) is 0 Å². The zero-order chi connectivity index (χ0) is 14.2. The fourth-order valence-electron chi connectivity index (χ4n) is 1.93. The van der Waals surface area contributed by atoms with Gasteiger partial charge in [0.1, 0.15) is 11.6 Å². The maximum atomic E-state index is 13.3. The average molecular weight is 266 g/mol. The summed E-state index contributed by atoms with van der Waals surface area (Å²) in [4.78, 5) is 0. The lowest BCUT2D eigenvalue weighted by atomic mass is 9.90. The molecule has 0 radical (unpaired) electrons. The van der Waals surface area contributed by atoms with E-state index in [2.05, 4.69) is 5.16 Å². The largest absolute Gasteiger partial charge is 0.367 e. The Hall–Kier alpha value is -1.91. The highest BCUT2D eigenvalue weighted by Crippen LogP contribution is 2.37. The molecule has 1 unspecified atom stereocenters. The zero-order valence-electron chi connectivity index (χ0n) is 11.1. The van der Waals surface area contributed by atoms with Crippen LogP contribution in [0.3, 0.4) is 0 Å². The molecule has 2 aromatic rings. The minimum Gasteiger partial charge on any atom is -0.367 e. The van der Waals surface area contributed by atoms with Crippen LogP contribution in [0, 0.1) is 17.6 Å². The number of rotatable bonds is 3. The number of hydrogen-bond donors (Lipinski definition) is 1. The molecule has 2 rings (SSSR count). The van der Waals surface area contributed by atoms with Crippen molar-refractivity contribution in [2.24, 2.45) is 5.92 Å². The van der Waals surface area contributed by atoms with Gasteiger partial charge in [0.2, 0.25) is 5.88 Å². The van der Waals surface area contributed by atoms with E-state index < -0.39 is 11.6 Å². The summed E-state index contributed by atoms with van der Waals surface area (Å²) in [5.74, 6) is -0.853. The standard InChI is InChI=1S/C14H16F2N2O/c1-7(2)8(3)13-12(14(17)19-18-13)9-4-10(15)6-11(16)5-9/h4-8H,17H2,1-3H3. The van der Waals surface area contributed by atoms with Crippen LogP contribution < -0.4 is 5.73 Å². The Morgan fingerprint density at radius 3 is 2.21 bits per heavy atom. The third-order valence-corrected chi connectivity index (χ3v) is 3.33. The Morgan fingerprint density at radius 1 is 1.11 bits per heavy atom. The van der Waals surface area contributed by atoms with Crippen molar-refractivity contribution in [2.75, 3.05) is 5.73 Å². The van der Waals surface area contributed by atoms with Crippen LogP contribution in [0.1, 0.15) is 32.4 Å². The Kier molecular flexibility index (Phi) is 3.55. The van der Waals surface area contributed by atoms with Crippen LogP contribution >= 0.6 is 0 Å². The summed E-state index contributed by atoms with van der Waals surface area (Å²) in [6.45, 7) is 6.04. The van der Waals surface area contributed by atoms with Gasteiger partial charge in [-0.05, 0) is 23.6 Å². The molecule has 102 valence electrons. The molecule has 5 heteroatoms. The van der Waals surface area contributed by atoms with Crippen molar-refractivity contribution in [3.63, 3.8) is 0 Å². The first-order chi connectivity index (χ1) is 8.90. The van der Waals surface area contributed by atoms with Gasteiger partial charge in [-0.2, -0.15) is 0 Å². The molecule has 0 amide bonds. The summed E-state index contributed by atoms with van der Waals surface area (Å²) in [5.41, 5.74) is 7.18. The van der Waals surface area contributed by atoms with E-state index in [9.17, 15) is 8.78 Å². The van der Waals surface area contributed by atoms with Gasteiger partial charge in [0, 0.05) is 12.0 Å². The number of halogens is 2. The van der Waals surface area contributed by atoms with Gasteiger partial charge in [0.25, 0.3) is 0 Å². The van der Waals surface area contributed by atoms with Crippen molar-refractivity contribution >= 4 is 5.88 Å². The van der Waals surface area contributed by atoms with Crippen LogP contribution in [-0.4, -0.2) is 5.16 Å². The van der Waals surface area contributed by atoms with E-state index >= 15 is 0 Å². The first-order valence-corrected chi connectivity index (χ1v) is 6.11. The number of hydrogen-bond acceptors (Lipinski definition) is 3. The van der Waals surface area contributed by atoms with Crippen LogP contribution in [-0.2, 0) is 0 Å². The highest BCUT2D eigenvalue weighted by molar-refractivity contribution is 5.75. The summed E-state index contributed by atoms with van der Waals surface area (Å²) in [6, 6.07) is 3.27. The monoisotopic (exact) mass is 266 g/mol. The molecule has 0 fully saturated rings. The van der Waals surface area contributed by atoms with Gasteiger partial charge in [-0.3, -0.25) is 0 Å². The lowest BCUT2D eigenvalue weighted by molar-refractivity contribution is 0.407. The van der Waals surface area contributed by atoms with E-state index in [1.54, 1.807) is 0 Å². The van der Waals surface area contributed by atoms with E-state index in [1.807, 2.05) is 20.8 Å². The molecule has 0 aliphatic heterocycles. The predicted octanol–water partition coefficient (Wildman–Crippen LogP) is 3.96. The molecular weight excluding hydrogens is 250 g/mol. The summed E-state index contributed by atoms with van der Waals surface area (Å²) >= 11 is 0. The molecule has 0 aliphatic carbocycles. The molecule has 0 spiro atoms. The van der Waals surface area contributed by atoms with Crippen molar-refractivity contribution < 1.29 is 13.3 Å². The molecule has 0 saturated carbocycles. The quantitative estimate of drug-likeness (QED) is 0.914. The van der Waals surface area contributed by atoms with E-state index in [4.69, 9.17) is 10.3 Å². The summed E-state index contributed by atoms with van der Waals surface area (Å²) in [5, 5.41) is 3.93. The number of nitrogen functional groups attached to an aromatic ring is 1. The first kappa shape index (κ1) is 13.5. The van der Waals surface area contributed by atoms with Gasteiger partial charge in [-0.25, -0.2) is 8.78 Å². The molecule has 19 heavy (non-hydrogen) atoms. The molecule has 0 aliphatic rings. The van der Waals surface area contributed by atoms with Crippen LogP contribution in [0.15, 0.2) is 22.7 Å². The van der Waals surface area contributed by atoms with Gasteiger partial charge < -0.3 is 10.3 Å². The Balaban J connectivity index is 2.58. The van der Waals surface area contributed by atoms with Gasteiger partial charge in [-0.1, -0.05) is 25.9 Å². The molecule has 0 saturated heterocycles. The third-order valence-electron chi connectivity index (χ3n) is 3.33. The maximum absolute atomic E-state index is 13.3. The maximum Gasteiger partial charge on any atom is 0.230 e. The van der Waals surface area contributed by atoms with Crippen LogP contribution in [0.25, 0.3) is 11.1 Å². The van der Waals surface area contributed by atoms with E-state index in [1.165, 1.54) is 12.1 Å². The number of nitrogens with zero attached hydrogens (tertiary/aromatic N) is 1. The fraction of sp³-hybridized carbons (Fsp3) is 0.357. The van der Waals surface area contributed by atoms with Crippen LogP contribution in [0.5, 0.6) is 0 Å². The molecule has 1 aromatic heterocycles. The summed E-state index contributed by atoms with van der Waals surface area (Å²) in [7, 11) is 0. The van der Waals surface area contributed by atoms with Crippen molar-refractivity contribution in [3.05, 3.63) is 35.5 Å². The smallest absolute Gasteiger partial charge is 0.230 e. The summed E-state index contributed by atoms with van der Waals surface area (Å²) < 4.78 is 31.6. The first-order valence-electron chi connectivity index (χ1n) is 6.11. The number of nitrogens with two attached hydrogens (primary N) is 1. The summed E-state index contributed by atoms with van der Waals surface area (Å²) in [6.07, 6.45) is 0. The van der Waals surface area contributed by atoms with Gasteiger partial charge in [-0.15, -0.1) is 0 Å². The Morgan fingerprint density at radius 2 is 1.68 bits per heavy atom. The topological polar surface area (TPSA) is 52.0 Å². The lowest BCUT2D eigenvalue weighted by Gasteiger charge is -2.14. The van der Waals surface area contributed by atoms with Gasteiger partial charge >= 0.3 is 0 Å². The molecule has 1 atom stereocenters. The SMILES string of the molecule is CC(C)C(C)c1noc(N)c1-c1cc(F)cc(F)c1. The second-order valence-electron chi connectivity index (χ2n) is 5.00. The number of benzene rings is 1. The molecule has 2 N–H and O–H groups in total. The molecule has 1 aromatic carbocycles. The zero-order valence-corrected chi connectivity index (χ0v) is 11.1. The normalized spacial score (nSPS) is 12.9. The molecule has 3 nitrogen and oxygen atoms in total. The molecule has 0 bridgehead atoms. The molecule has 1 heterocycles. The second-order valence-corrected chi connectivity index (χ2v) is 5.00. The number of aromatic nitrogens is 1. The Labute approximate surface area is 110 Å². The predicted molar refractivity (Wildman–Crippen MR) is 69.5 cm³/mol. The lowest BCUT2D eigenvalue weighted by Crippen LogP contribution is -2.04. The minimum atomic E-state index is -0.654. The van der Waals surface area contributed by atoms with Crippen LogP contribution in [0.4, 0.5) is 14.7 Å². The fourth-order valence-corrected chi connectivity index (χ4v) is 1.93. The minimum absolute atomic E-state index is 0.0716. The Bertz CT molecular complexity index is 573. The second kappa shape index (κ2) is 4.99. The molecular formula is C14H16F2N2O. The van der Waals surface area contributed by atoms with Crippen molar-refractivity contribution in [3.8, 4) is 11.1 Å². The van der Waals surface area contributed by atoms with Crippen molar-refractivity contribution in [1.82, 2.24) is 5.16 Å². The van der Waals surface area contributed by atoms with E-state index in [0.29, 0.717) is 22.7 Å². The average Bonchev–Trinajstić information content (AvgIpc) is 2.68. The highest BCUT2D eigenvalue weighted by Gasteiger charge is 2.23. The van der Waals surface area contributed by atoms with E-state index in [-0.39, 0.29) is 11.8 Å². The van der Waals surface area contributed by atoms with Crippen molar-refractivity contribution in [1.29, 1.82) is 0 Å². The third kappa shape index (κ3) is 2.59. The highest BCUT2D eigenvalue weighted by atomic mass is 19.1.